The van der Waals surface area contributed by atoms with Crippen LogP contribution in [-0.2, 0) is 4.79 Å². The van der Waals surface area contributed by atoms with E-state index < -0.39 is 16.4 Å². The first-order valence-corrected chi connectivity index (χ1v) is 8.80. The van der Waals surface area contributed by atoms with E-state index >= 15 is 0 Å². The van der Waals surface area contributed by atoms with Crippen LogP contribution in [0.15, 0.2) is 18.2 Å². The summed E-state index contributed by atoms with van der Waals surface area (Å²) in [4.78, 5) is 37.1. The zero-order chi connectivity index (χ0) is 19.3. The second-order valence-corrected chi connectivity index (χ2v) is 7.49. The Kier molecular flexibility index (Phi) is 6.18. The summed E-state index contributed by atoms with van der Waals surface area (Å²) in [6, 6.07) is 4.31. The summed E-state index contributed by atoms with van der Waals surface area (Å²) in [5, 5.41) is 16.4. The number of hydrogen-bond acceptors (Lipinski definition) is 5. The van der Waals surface area contributed by atoms with E-state index in [0.29, 0.717) is 5.69 Å². The van der Waals surface area contributed by atoms with E-state index in [1.165, 1.54) is 12.1 Å². The highest BCUT2D eigenvalue weighted by Gasteiger charge is 2.22. The van der Waals surface area contributed by atoms with Gasteiger partial charge in [-0.25, -0.2) is 0 Å². The molecule has 1 heterocycles. The van der Waals surface area contributed by atoms with Gasteiger partial charge in [-0.05, 0) is 46.1 Å². The summed E-state index contributed by atoms with van der Waals surface area (Å²) in [7, 11) is 0. The van der Waals surface area contributed by atoms with Gasteiger partial charge in [0.1, 0.15) is 0 Å². The van der Waals surface area contributed by atoms with Crippen molar-refractivity contribution in [2.45, 2.75) is 45.6 Å². The molecule has 8 heteroatoms. The molecule has 2 N–H and O–H groups in total. The first kappa shape index (κ1) is 19.7. The highest BCUT2D eigenvalue weighted by atomic mass is 16.6. The van der Waals surface area contributed by atoms with E-state index in [-0.39, 0.29) is 23.7 Å². The Morgan fingerprint density at radius 3 is 2.42 bits per heavy atom. The molecular formula is C18H26N4O4. The van der Waals surface area contributed by atoms with Crippen molar-refractivity contribution in [1.82, 2.24) is 10.6 Å². The number of nitro benzene ring substituents is 1. The first-order valence-electron chi connectivity index (χ1n) is 8.80. The molecule has 0 radical (unpaired) electrons. The van der Waals surface area contributed by atoms with Crippen molar-refractivity contribution >= 4 is 23.2 Å². The third-order valence-electron chi connectivity index (χ3n) is 4.06. The minimum atomic E-state index is -0.525. The van der Waals surface area contributed by atoms with Crippen molar-refractivity contribution in [3.63, 3.8) is 0 Å². The average Bonchev–Trinajstić information content (AvgIpc) is 2.58. The Bertz CT molecular complexity index is 691. The standard InChI is InChI=1S/C18H26N4O4/c1-18(2,3)20-16(23)12-19-17(24)14-11-13(22(25)26)7-8-15(14)21-9-5-4-6-10-21/h7-8,11H,4-6,9-10,12H2,1-3H3,(H,19,24)(H,20,23). The monoisotopic (exact) mass is 362 g/mol. The predicted octanol–water partition coefficient (Wildman–Crippen LogP) is 2.23. The molecule has 0 atom stereocenters. The Balaban J connectivity index is 2.18. The molecule has 8 nitrogen and oxygen atoms in total. The van der Waals surface area contributed by atoms with Gasteiger partial charge in [-0.3, -0.25) is 19.7 Å². The summed E-state index contributed by atoms with van der Waals surface area (Å²) in [5.74, 6) is -0.797. The van der Waals surface area contributed by atoms with Crippen molar-refractivity contribution in [3.05, 3.63) is 33.9 Å². The minimum absolute atomic E-state index is 0.143. The highest BCUT2D eigenvalue weighted by molar-refractivity contribution is 6.02. The number of piperidine rings is 1. The van der Waals surface area contributed by atoms with Crippen LogP contribution in [0.3, 0.4) is 0 Å². The molecule has 2 amide bonds. The number of amides is 2. The number of nitrogens with zero attached hydrogens (tertiary/aromatic N) is 2. The van der Waals surface area contributed by atoms with E-state index in [2.05, 4.69) is 15.5 Å². The third-order valence-corrected chi connectivity index (χ3v) is 4.06. The Labute approximate surface area is 153 Å². The Hall–Kier alpha value is -2.64. The van der Waals surface area contributed by atoms with Gasteiger partial charge in [0.25, 0.3) is 11.6 Å². The molecule has 0 aliphatic carbocycles. The maximum atomic E-state index is 12.6. The van der Waals surface area contributed by atoms with Gasteiger partial charge in [0.2, 0.25) is 5.91 Å². The van der Waals surface area contributed by atoms with Gasteiger partial charge in [0.15, 0.2) is 0 Å². The van der Waals surface area contributed by atoms with Crippen LogP contribution in [0.1, 0.15) is 50.4 Å². The summed E-state index contributed by atoms with van der Waals surface area (Å²) in [6.07, 6.45) is 3.18. The van der Waals surface area contributed by atoms with Crippen molar-refractivity contribution in [3.8, 4) is 0 Å². The van der Waals surface area contributed by atoms with Crippen LogP contribution in [0.4, 0.5) is 11.4 Å². The molecule has 0 spiro atoms. The fourth-order valence-corrected chi connectivity index (χ4v) is 2.95. The van der Waals surface area contributed by atoms with Crippen molar-refractivity contribution in [2.24, 2.45) is 0 Å². The molecule has 1 aliphatic rings. The summed E-state index contributed by atoms with van der Waals surface area (Å²) in [6.45, 7) is 6.98. The quantitative estimate of drug-likeness (QED) is 0.617. The van der Waals surface area contributed by atoms with E-state index in [9.17, 15) is 19.7 Å². The molecule has 1 saturated heterocycles. The number of non-ortho nitro benzene ring substituents is 1. The fraction of sp³-hybridized carbons (Fsp3) is 0.556. The van der Waals surface area contributed by atoms with Gasteiger partial charge in [-0.15, -0.1) is 0 Å². The average molecular weight is 362 g/mol. The van der Waals surface area contributed by atoms with E-state index in [1.807, 2.05) is 20.8 Å². The summed E-state index contributed by atoms with van der Waals surface area (Å²) in [5.41, 5.74) is 0.357. The lowest BCUT2D eigenvalue weighted by Gasteiger charge is -2.30. The SMILES string of the molecule is CC(C)(C)NC(=O)CNC(=O)c1cc([N+](=O)[O-])ccc1N1CCCCC1. The molecule has 26 heavy (non-hydrogen) atoms. The van der Waals surface area contributed by atoms with Crippen molar-refractivity contribution in [2.75, 3.05) is 24.5 Å². The lowest BCUT2D eigenvalue weighted by Crippen LogP contribution is -2.46. The molecule has 1 aromatic carbocycles. The van der Waals surface area contributed by atoms with Gasteiger partial charge >= 0.3 is 0 Å². The molecule has 1 aliphatic heterocycles. The van der Waals surface area contributed by atoms with Gasteiger partial charge in [-0.1, -0.05) is 0 Å². The Morgan fingerprint density at radius 2 is 1.85 bits per heavy atom. The predicted molar refractivity (Wildman–Crippen MR) is 99.4 cm³/mol. The normalized spacial score (nSPS) is 14.7. The smallest absolute Gasteiger partial charge is 0.270 e. The molecule has 0 aromatic heterocycles. The maximum absolute atomic E-state index is 12.6. The van der Waals surface area contributed by atoms with Gasteiger partial charge < -0.3 is 15.5 Å². The van der Waals surface area contributed by atoms with Crippen LogP contribution in [0.5, 0.6) is 0 Å². The molecule has 142 valence electrons. The zero-order valence-corrected chi connectivity index (χ0v) is 15.5. The minimum Gasteiger partial charge on any atom is -0.371 e. The van der Waals surface area contributed by atoms with Crippen molar-refractivity contribution < 1.29 is 14.5 Å². The number of nitro groups is 1. The fourth-order valence-electron chi connectivity index (χ4n) is 2.95. The number of hydrogen-bond donors (Lipinski definition) is 2. The summed E-state index contributed by atoms with van der Waals surface area (Å²) < 4.78 is 0. The topological polar surface area (TPSA) is 105 Å². The zero-order valence-electron chi connectivity index (χ0n) is 15.5. The second kappa shape index (κ2) is 8.16. The van der Waals surface area contributed by atoms with Crippen molar-refractivity contribution in [1.29, 1.82) is 0 Å². The number of nitrogens with one attached hydrogen (secondary N) is 2. The number of carbonyl (C=O) groups excluding carboxylic acids is 2. The lowest BCUT2D eigenvalue weighted by atomic mass is 10.1. The number of carbonyl (C=O) groups is 2. The van der Waals surface area contributed by atoms with Gasteiger partial charge in [0.05, 0.1) is 22.7 Å². The van der Waals surface area contributed by atoms with E-state index in [1.54, 1.807) is 6.07 Å². The second-order valence-electron chi connectivity index (χ2n) is 7.49. The third kappa shape index (κ3) is 5.44. The molecule has 1 fully saturated rings. The first-order chi connectivity index (χ1) is 12.2. The van der Waals surface area contributed by atoms with Crippen LogP contribution >= 0.6 is 0 Å². The van der Waals surface area contributed by atoms with Crippen LogP contribution in [0.2, 0.25) is 0 Å². The van der Waals surface area contributed by atoms with Crippen LogP contribution in [0, 0.1) is 10.1 Å². The van der Waals surface area contributed by atoms with E-state index in [4.69, 9.17) is 0 Å². The van der Waals surface area contributed by atoms with Crippen LogP contribution < -0.4 is 15.5 Å². The van der Waals surface area contributed by atoms with Gasteiger partial charge in [0, 0.05) is 30.8 Å². The molecule has 0 bridgehead atoms. The molecule has 0 saturated carbocycles. The van der Waals surface area contributed by atoms with Crippen LogP contribution in [0.25, 0.3) is 0 Å². The largest absolute Gasteiger partial charge is 0.371 e. The Morgan fingerprint density at radius 1 is 1.19 bits per heavy atom. The number of rotatable bonds is 5. The maximum Gasteiger partial charge on any atom is 0.270 e. The number of benzene rings is 1. The van der Waals surface area contributed by atoms with E-state index in [0.717, 1.165) is 32.4 Å². The molecular weight excluding hydrogens is 336 g/mol. The molecule has 1 aromatic rings. The molecule has 0 unspecified atom stereocenters. The summed E-state index contributed by atoms with van der Waals surface area (Å²) >= 11 is 0. The molecule has 2 rings (SSSR count). The van der Waals surface area contributed by atoms with Crippen LogP contribution in [-0.4, -0.2) is 41.9 Å². The lowest BCUT2D eigenvalue weighted by molar-refractivity contribution is -0.384. The number of anilines is 1. The highest BCUT2D eigenvalue weighted by Crippen LogP contribution is 2.28. The van der Waals surface area contributed by atoms with Gasteiger partial charge in [-0.2, -0.15) is 0 Å².